The molecular weight excluding hydrogens is 186 g/mol. The Kier molecular flexibility index (Phi) is 3.14. The summed E-state index contributed by atoms with van der Waals surface area (Å²) in [5.74, 6) is -1.24. The second kappa shape index (κ2) is 3.84. The van der Waals surface area contributed by atoms with Gasteiger partial charge in [-0.15, -0.1) is 0 Å². The zero-order valence-corrected chi connectivity index (χ0v) is 8.29. The first kappa shape index (κ1) is 11.4. The number of rotatable bonds is 6. The average Bonchev–Trinajstić information content (AvgIpc) is 2.85. The molecule has 5 heteroatoms. The van der Waals surface area contributed by atoms with Crippen LogP contribution in [0, 0.1) is 5.41 Å². The van der Waals surface area contributed by atoms with Gasteiger partial charge in [0.05, 0.1) is 0 Å². The van der Waals surface area contributed by atoms with Crippen LogP contribution in [0.1, 0.15) is 19.8 Å². The van der Waals surface area contributed by atoms with Crippen molar-refractivity contribution in [3.05, 3.63) is 0 Å². The van der Waals surface area contributed by atoms with Gasteiger partial charge in [0.2, 0.25) is 0 Å². The largest absolute Gasteiger partial charge is 0.479 e. The van der Waals surface area contributed by atoms with Crippen LogP contribution in [-0.2, 0) is 4.79 Å². The van der Waals surface area contributed by atoms with Gasteiger partial charge in [-0.05, 0) is 19.8 Å². The Morgan fingerprint density at radius 2 is 2.14 bits per heavy atom. The summed E-state index contributed by atoms with van der Waals surface area (Å²) in [6, 6.07) is 0. The van der Waals surface area contributed by atoms with Crippen molar-refractivity contribution in [2.75, 3.05) is 19.7 Å². The number of aliphatic hydroxyl groups excluding tert-OH is 1. The molecule has 0 radical (unpaired) electrons. The third kappa shape index (κ3) is 2.67. The second-order valence-electron chi connectivity index (χ2n) is 4.34. The van der Waals surface area contributed by atoms with E-state index in [-0.39, 0.29) is 18.6 Å². The van der Waals surface area contributed by atoms with Gasteiger partial charge in [0.25, 0.3) is 0 Å². The zero-order valence-electron chi connectivity index (χ0n) is 8.29. The predicted octanol–water partition coefficient (Wildman–Crippen LogP) is -0.816. The van der Waals surface area contributed by atoms with Gasteiger partial charge in [0.1, 0.15) is 0 Å². The van der Waals surface area contributed by atoms with E-state index in [0.29, 0.717) is 6.54 Å². The zero-order chi connectivity index (χ0) is 10.8. The van der Waals surface area contributed by atoms with Gasteiger partial charge in [-0.3, -0.25) is 0 Å². The highest BCUT2D eigenvalue weighted by molar-refractivity contribution is 5.76. The van der Waals surface area contributed by atoms with E-state index >= 15 is 0 Å². The summed E-state index contributed by atoms with van der Waals surface area (Å²) in [6.45, 7) is 1.94. The normalized spacial score (nSPS) is 22.8. The number of hydrogen-bond acceptors (Lipinski definition) is 4. The third-order valence-corrected chi connectivity index (χ3v) is 2.72. The molecule has 1 rings (SSSR count). The van der Waals surface area contributed by atoms with E-state index in [0.717, 1.165) is 12.8 Å². The number of carbonyl (C=O) groups is 1. The Balaban J connectivity index is 2.24. The van der Waals surface area contributed by atoms with Crippen molar-refractivity contribution in [3.8, 4) is 0 Å². The fraction of sp³-hybridized carbons (Fsp3) is 0.889. The number of carboxylic acids is 1. The Labute approximate surface area is 82.7 Å². The molecule has 4 N–H and O–H groups in total. The molecule has 1 unspecified atom stereocenters. The van der Waals surface area contributed by atoms with E-state index in [1.807, 2.05) is 0 Å². The highest BCUT2D eigenvalue weighted by Crippen LogP contribution is 2.44. The molecule has 0 saturated heterocycles. The number of hydrogen-bond donors (Lipinski definition) is 4. The molecular formula is C9H17NO4. The highest BCUT2D eigenvalue weighted by Gasteiger charge is 2.42. The number of aliphatic hydroxyl groups is 2. The van der Waals surface area contributed by atoms with E-state index in [1.54, 1.807) is 0 Å². The van der Waals surface area contributed by atoms with E-state index in [9.17, 15) is 9.90 Å². The molecule has 0 heterocycles. The molecule has 1 saturated carbocycles. The summed E-state index contributed by atoms with van der Waals surface area (Å²) in [5.41, 5.74) is -1.79. The van der Waals surface area contributed by atoms with Crippen molar-refractivity contribution in [1.29, 1.82) is 0 Å². The lowest BCUT2D eigenvalue weighted by Crippen LogP contribution is -2.46. The van der Waals surface area contributed by atoms with Gasteiger partial charge in [0.15, 0.2) is 5.60 Å². The minimum atomic E-state index is -1.73. The van der Waals surface area contributed by atoms with Crippen molar-refractivity contribution >= 4 is 5.97 Å². The number of nitrogens with one attached hydrogen (secondary N) is 1. The highest BCUT2D eigenvalue weighted by atomic mass is 16.4. The molecule has 0 bridgehead atoms. The Morgan fingerprint density at radius 3 is 2.50 bits per heavy atom. The summed E-state index contributed by atoms with van der Waals surface area (Å²) >= 11 is 0. The van der Waals surface area contributed by atoms with Gasteiger partial charge < -0.3 is 20.6 Å². The molecule has 1 atom stereocenters. The SMILES string of the molecule is CC(O)(CNCC1(CO)CC1)C(=O)O. The lowest BCUT2D eigenvalue weighted by atomic mass is 10.1. The monoisotopic (exact) mass is 203 g/mol. The predicted molar refractivity (Wildman–Crippen MR) is 49.9 cm³/mol. The van der Waals surface area contributed by atoms with Crippen LogP contribution >= 0.6 is 0 Å². The van der Waals surface area contributed by atoms with E-state index in [4.69, 9.17) is 10.2 Å². The Morgan fingerprint density at radius 1 is 1.57 bits per heavy atom. The van der Waals surface area contributed by atoms with Crippen molar-refractivity contribution in [3.63, 3.8) is 0 Å². The summed E-state index contributed by atoms with van der Waals surface area (Å²) in [4.78, 5) is 10.5. The van der Waals surface area contributed by atoms with Crippen molar-refractivity contribution in [2.24, 2.45) is 5.41 Å². The molecule has 0 spiro atoms. The molecule has 1 fully saturated rings. The van der Waals surface area contributed by atoms with Crippen molar-refractivity contribution in [2.45, 2.75) is 25.4 Å². The van der Waals surface area contributed by atoms with Gasteiger partial charge in [-0.25, -0.2) is 4.79 Å². The maximum Gasteiger partial charge on any atom is 0.336 e. The molecule has 0 amide bonds. The molecule has 1 aliphatic rings. The van der Waals surface area contributed by atoms with Gasteiger partial charge in [-0.1, -0.05) is 0 Å². The minimum absolute atomic E-state index is 0.00405. The van der Waals surface area contributed by atoms with Crippen LogP contribution in [-0.4, -0.2) is 46.6 Å². The van der Waals surface area contributed by atoms with Gasteiger partial charge in [0, 0.05) is 25.1 Å². The van der Waals surface area contributed by atoms with Crippen LogP contribution < -0.4 is 5.32 Å². The molecule has 0 aromatic rings. The fourth-order valence-corrected chi connectivity index (χ4v) is 1.21. The van der Waals surface area contributed by atoms with Crippen molar-refractivity contribution in [1.82, 2.24) is 5.32 Å². The molecule has 0 aromatic heterocycles. The lowest BCUT2D eigenvalue weighted by Gasteiger charge is -2.20. The van der Waals surface area contributed by atoms with Crippen LogP contribution in [0.4, 0.5) is 0 Å². The topological polar surface area (TPSA) is 89.8 Å². The van der Waals surface area contributed by atoms with Crippen LogP contribution in [0.15, 0.2) is 0 Å². The maximum atomic E-state index is 10.5. The smallest absolute Gasteiger partial charge is 0.336 e. The van der Waals surface area contributed by atoms with E-state index in [1.165, 1.54) is 6.92 Å². The second-order valence-corrected chi connectivity index (χ2v) is 4.34. The van der Waals surface area contributed by atoms with Gasteiger partial charge in [-0.2, -0.15) is 0 Å². The maximum absolute atomic E-state index is 10.5. The minimum Gasteiger partial charge on any atom is -0.479 e. The molecule has 0 aliphatic heterocycles. The molecule has 1 aliphatic carbocycles. The first-order valence-electron chi connectivity index (χ1n) is 4.69. The summed E-state index contributed by atoms with van der Waals surface area (Å²) in [7, 11) is 0. The van der Waals surface area contributed by atoms with Crippen molar-refractivity contribution < 1.29 is 20.1 Å². The van der Waals surface area contributed by atoms with Crippen LogP contribution in [0.3, 0.4) is 0 Å². The van der Waals surface area contributed by atoms with Gasteiger partial charge >= 0.3 is 5.97 Å². The molecule has 82 valence electrons. The first-order valence-corrected chi connectivity index (χ1v) is 4.69. The van der Waals surface area contributed by atoms with Crippen LogP contribution in [0.2, 0.25) is 0 Å². The Bertz CT molecular complexity index is 223. The third-order valence-electron chi connectivity index (χ3n) is 2.72. The number of aliphatic carboxylic acids is 1. The molecule has 14 heavy (non-hydrogen) atoms. The van der Waals surface area contributed by atoms with Crippen LogP contribution in [0.25, 0.3) is 0 Å². The molecule has 0 aromatic carbocycles. The average molecular weight is 203 g/mol. The number of carboxylic acid groups (broad SMARTS) is 1. The van der Waals surface area contributed by atoms with Crippen LogP contribution in [0.5, 0.6) is 0 Å². The summed E-state index contributed by atoms with van der Waals surface area (Å²) in [6.07, 6.45) is 1.93. The first-order chi connectivity index (χ1) is 6.42. The quantitative estimate of drug-likeness (QED) is 0.453. The molecule has 5 nitrogen and oxygen atoms in total. The Hall–Kier alpha value is -0.650. The fourth-order valence-electron chi connectivity index (χ4n) is 1.21. The van der Waals surface area contributed by atoms with E-state index < -0.39 is 11.6 Å². The van der Waals surface area contributed by atoms with E-state index in [2.05, 4.69) is 5.32 Å². The summed E-state index contributed by atoms with van der Waals surface area (Å²) in [5, 5.41) is 29.8. The summed E-state index contributed by atoms with van der Waals surface area (Å²) < 4.78 is 0. The lowest BCUT2D eigenvalue weighted by molar-refractivity contribution is -0.156. The standard InChI is InChI=1S/C9H17NO4/c1-8(14,7(12)13)4-10-5-9(6-11)2-3-9/h10-11,14H,2-6H2,1H3,(H,12,13).